The van der Waals surface area contributed by atoms with E-state index in [1.54, 1.807) is 0 Å². The van der Waals surface area contributed by atoms with Gasteiger partial charge in [-0.1, -0.05) is 54.8 Å². The second kappa shape index (κ2) is 7.04. The first kappa shape index (κ1) is 11.8. The van der Waals surface area contributed by atoms with Crippen molar-refractivity contribution in [3.8, 4) is 0 Å². The third-order valence-electron chi connectivity index (χ3n) is 2.13. The zero-order chi connectivity index (χ0) is 10.9. The first-order valence-electron chi connectivity index (χ1n) is 5.47. The zero-order valence-corrected chi connectivity index (χ0v) is 9.49. The highest BCUT2D eigenvalue weighted by atomic mass is 16.6. The lowest BCUT2D eigenvalue weighted by molar-refractivity contribution is 0.141. The standard InChI is InChI=1S/C13H18NO/c1-3-4-5-10-15-14-11-13-8-6-12(2)7-9-13/h6-9H,3-5,10H2,1-2H3. The molecule has 2 nitrogen and oxygen atoms in total. The van der Waals surface area contributed by atoms with Crippen LogP contribution in [0.15, 0.2) is 29.4 Å². The molecule has 0 fully saturated rings. The van der Waals surface area contributed by atoms with E-state index in [-0.39, 0.29) is 0 Å². The maximum absolute atomic E-state index is 5.08. The van der Waals surface area contributed by atoms with Crippen molar-refractivity contribution in [2.45, 2.75) is 33.1 Å². The first-order chi connectivity index (χ1) is 7.33. The van der Waals surface area contributed by atoms with E-state index >= 15 is 0 Å². The van der Waals surface area contributed by atoms with Crippen LogP contribution < -0.4 is 0 Å². The average Bonchev–Trinajstić information content (AvgIpc) is 2.26. The minimum absolute atomic E-state index is 0.687. The van der Waals surface area contributed by atoms with Gasteiger partial charge in [0, 0.05) is 5.56 Å². The van der Waals surface area contributed by atoms with Crippen LogP contribution in [0.4, 0.5) is 0 Å². The van der Waals surface area contributed by atoms with Crippen LogP contribution in [-0.4, -0.2) is 12.8 Å². The number of unbranched alkanes of at least 4 members (excludes halogenated alkanes) is 2. The number of aryl methyl sites for hydroxylation is 1. The van der Waals surface area contributed by atoms with Crippen molar-refractivity contribution in [2.24, 2.45) is 5.16 Å². The van der Waals surface area contributed by atoms with E-state index in [0.29, 0.717) is 6.61 Å². The van der Waals surface area contributed by atoms with E-state index < -0.39 is 0 Å². The fraction of sp³-hybridized carbons (Fsp3) is 0.462. The third kappa shape index (κ3) is 5.21. The Morgan fingerprint density at radius 2 is 1.93 bits per heavy atom. The first-order valence-corrected chi connectivity index (χ1v) is 5.47. The summed E-state index contributed by atoms with van der Waals surface area (Å²) >= 11 is 0. The molecule has 0 saturated heterocycles. The van der Waals surface area contributed by atoms with E-state index in [9.17, 15) is 0 Å². The predicted octanol–water partition coefficient (Wildman–Crippen LogP) is 3.41. The Balaban J connectivity index is 2.23. The smallest absolute Gasteiger partial charge is 0.139 e. The predicted molar refractivity (Wildman–Crippen MR) is 63.2 cm³/mol. The summed E-state index contributed by atoms with van der Waals surface area (Å²) in [6.07, 6.45) is 6.31. The fourth-order valence-electron chi connectivity index (χ4n) is 1.18. The Kier molecular flexibility index (Phi) is 5.52. The molecule has 1 aromatic carbocycles. The van der Waals surface area contributed by atoms with Crippen LogP contribution >= 0.6 is 0 Å². The number of nitrogens with zero attached hydrogens (tertiary/aromatic N) is 1. The van der Waals surface area contributed by atoms with Crippen LogP contribution in [0, 0.1) is 6.92 Å². The van der Waals surface area contributed by atoms with Gasteiger partial charge in [0.15, 0.2) is 0 Å². The molecule has 0 spiro atoms. The maximum atomic E-state index is 5.08. The van der Waals surface area contributed by atoms with Gasteiger partial charge in [0.1, 0.15) is 12.8 Å². The lowest BCUT2D eigenvalue weighted by atomic mass is 10.2. The van der Waals surface area contributed by atoms with E-state index in [4.69, 9.17) is 4.84 Å². The van der Waals surface area contributed by atoms with E-state index in [1.807, 2.05) is 24.3 Å². The molecule has 15 heavy (non-hydrogen) atoms. The molecule has 81 valence electrons. The maximum Gasteiger partial charge on any atom is 0.139 e. The Labute approximate surface area is 91.9 Å². The van der Waals surface area contributed by atoms with Crippen molar-refractivity contribution in [2.75, 3.05) is 6.61 Å². The highest BCUT2D eigenvalue weighted by Crippen LogP contribution is 2.00. The van der Waals surface area contributed by atoms with Gasteiger partial charge in [-0.15, -0.1) is 0 Å². The molecule has 1 radical (unpaired) electrons. The molecule has 0 unspecified atom stereocenters. The Morgan fingerprint density at radius 3 is 2.60 bits per heavy atom. The monoisotopic (exact) mass is 204 g/mol. The van der Waals surface area contributed by atoms with Crippen molar-refractivity contribution in [1.82, 2.24) is 0 Å². The SMILES string of the molecule is CCCCCO/N=[C]/c1ccc(C)cc1. The van der Waals surface area contributed by atoms with E-state index in [0.717, 1.165) is 12.0 Å². The molecule has 0 aliphatic heterocycles. The van der Waals surface area contributed by atoms with Crippen LogP contribution in [0.3, 0.4) is 0 Å². The van der Waals surface area contributed by atoms with E-state index in [2.05, 4.69) is 25.2 Å². The summed E-state index contributed by atoms with van der Waals surface area (Å²) in [4.78, 5) is 5.08. The summed E-state index contributed by atoms with van der Waals surface area (Å²) in [6, 6.07) is 8.03. The normalized spacial score (nSPS) is 10.8. The van der Waals surface area contributed by atoms with Crippen LogP contribution in [0.2, 0.25) is 0 Å². The number of hydrogen-bond acceptors (Lipinski definition) is 2. The molecule has 1 rings (SSSR count). The zero-order valence-electron chi connectivity index (χ0n) is 9.49. The van der Waals surface area contributed by atoms with Crippen molar-refractivity contribution >= 4 is 6.21 Å². The highest BCUT2D eigenvalue weighted by Gasteiger charge is 1.89. The third-order valence-corrected chi connectivity index (χ3v) is 2.13. The summed E-state index contributed by atoms with van der Waals surface area (Å²) in [5, 5.41) is 3.79. The molecule has 0 atom stereocenters. The molecule has 2 heteroatoms. The van der Waals surface area contributed by atoms with Crippen molar-refractivity contribution in [3.05, 3.63) is 35.4 Å². The number of hydrogen-bond donors (Lipinski definition) is 0. The van der Waals surface area contributed by atoms with Gasteiger partial charge in [0.2, 0.25) is 0 Å². The molecule has 0 saturated carbocycles. The molecule has 0 aliphatic carbocycles. The fourth-order valence-corrected chi connectivity index (χ4v) is 1.18. The van der Waals surface area contributed by atoms with Crippen LogP contribution in [0.1, 0.15) is 37.3 Å². The second-order valence-electron chi connectivity index (χ2n) is 3.61. The van der Waals surface area contributed by atoms with Crippen LogP contribution in [0.25, 0.3) is 0 Å². The van der Waals surface area contributed by atoms with Gasteiger partial charge in [-0.25, -0.2) is 0 Å². The van der Waals surface area contributed by atoms with Gasteiger partial charge in [0.05, 0.1) is 0 Å². The van der Waals surface area contributed by atoms with E-state index in [1.165, 1.54) is 18.4 Å². The molecule has 0 amide bonds. The quantitative estimate of drug-likeness (QED) is 0.395. The molecule has 0 N–H and O–H groups in total. The summed E-state index contributed by atoms with van der Waals surface area (Å²) in [5.41, 5.74) is 2.19. The molecule has 0 aromatic heterocycles. The lowest BCUT2D eigenvalue weighted by Gasteiger charge is -1.97. The Morgan fingerprint density at radius 1 is 1.20 bits per heavy atom. The molecular weight excluding hydrogens is 186 g/mol. The number of benzene rings is 1. The minimum Gasteiger partial charge on any atom is -0.395 e. The van der Waals surface area contributed by atoms with Gasteiger partial charge < -0.3 is 4.84 Å². The molecule has 0 aliphatic rings. The highest BCUT2D eigenvalue weighted by molar-refractivity contribution is 5.78. The molecule has 1 aromatic rings. The Bertz CT molecular complexity index is 290. The second-order valence-corrected chi connectivity index (χ2v) is 3.61. The van der Waals surface area contributed by atoms with Crippen molar-refractivity contribution in [1.29, 1.82) is 0 Å². The Hall–Kier alpha value is -1.31. The number of rotatable bonds is 6. The minimum atomic E-state index is 0.687. The van der Waals surface area contributed by atoms with Gasteiger partial charge in [0.25, 0.3) is 0 Å². The topological polar surface area (TPSA) is 21.6 Å². The van der Waals surface area contributed by atoms with Crippen molar-refractivity contribution < 1.29 is 4.84 Å². The van der Waals surface area contributed by atoms with Gasteiger partial charge in [-0.3, -0.25) is 0 Å². The molecular formula is C13H18NO. The van der Waals surface area contributed by atoms with Crippen LogP contribution in [0.5, 0.6) is 0 Å². The lowest BCUT2D eigenvalue weighted by Crippen LogP contribution is -1.89. The van der Waals surface area contributed by atoms with Crippen LogP contribution in [-0.2, 0) is 4.84 Å². The summed E-state index contributed by atoms with van der Waals surface area (Å²) < 4.78 is 0. The molecule has 0 heterocycles. The van der Waals surface area contributed by atoms with Gasteiger partial charge in [-0.2, -0.15) is 0 Å². The summed E-state index contributed by atoms with van der Waals surface area (Å²) in [7, 11) is 0. The average molecular weight is 204 g/mol. The van der Waals surface area contributed by atoms with Gasteiger partial charge >= 0.3 is 0 Å². The van der Waals surface area contributed by atoms with Crippen molar-refractivity contribution in [3.63, 3.8) is 0 Å². The summed E-state index contributed by atoms with van der Waals surface area (Å²) in [5.74, 6) is 0. The largest absolute Gasteiger partial charge is 0.395 e. The molecule has 0 bridgehead atoms. The van der Waals surface area contributed by atoms with Gasteiger partial charge in [-0.05, 0) is 13.3 Å². The summed E-state index contributed by atoms with van der Waals surface area (Å²) in [6.45, 7) is 4.91.